The van der Waals surface area contributed by atoms with Gasteiger partial charge in [-0.05, 0) is 36.1 Å². The molecule has 2 unspecified atom stereocenters. The third-order valence-electron chi connectivity index (χ3n) is 5.59. The van der Waals surface area contributed by atoms with Crippen molar-refractivity contribution in [1.29, 1.82) is 0 Å². The molecule has 2 atom stereocenters. The maximum atomic E-state index is 13.3. The van der Waals surface area contributed by atoms with E-state index in [1.807, 2.05) is 61.5 Å². The fourth-order valence-electron chi connectivity index (χ4n) is 3.87. The molecule has 3 aromatic rings. The lowest BCUT2D eigenvalue weighted by Crippen LogP contribution is -2.44. The largest absolute Gasteiger partial charge is 0.379 e. The van der Waals surface area contributed by atoms with Crippen molar-refractivity contribution >= 4 is 22.9 Å². The summed E-state index contributed by atoms with van der Waals surface area (Å²) in [6, 6.07) is 21.9. The molecule has 162 valence electrons. The first-order valence-electron chi connectivity index (χ1n) is 10.7. The number of aryl methyl sites for hydroxylation is 1. The highest BCUT2D eigenvalue weighted by atomic mass is 32.1. The quantitative estimate of drug-likeness (QED) is 0.551. The topological polar surface area (TPSA) is 53.6 Å². The second-order valence-corrected chi connectivity index (χ2v) is 8.77. The molecule has 0 aliphatic carbocycles. The van der Waals surface area contributed by atoms with Gasteiger partial charge in [-0.25, -0.2) is 0 Å². The Morgan fingerprint density at radius 2 is 1.77 bits per heavy atom. The maximum absolute atomic E-state index is 13.3. The van der Waals surface area contributed by atoms with Crippen LogP contribution in [0, 0.1) is 6.92 Å². The highest BCUT2D eigenvalue weighted by Crippen LogP contribution is 2.27. The van der Waals surface area contributed by atoms with Crippen molar-refractivity contribution in [2.45, 2.75) is 19.0 Å². The summed E-state index contributed by atoms with van der Waals surface area (Å²) in [6.45, 7) is 6.01. The van der Waals surface area contributed by atoms with Crippen molar-refractivity contribution in [2.75, 3.05) is 38.2 Å². The number of morpholine rings is 1. The summed E-state index contributed by atoms with van der Waals surface area (Å²) in [4.78, 5) is 17.0. The lowest BCUT2D eigenvalue weighted by molar-refractivity contribution is -0.118. The molecule has 31 heavy (non-hydrogen) atoms. The molecule has 2 N–H and O–H groups in total. The number of carbonyl (C=O) groups is 1. The monoisotopic (exact) mass is 435 g/mol. The molecule has 0 bridgehead atoms. The summed E-state index contributed by atoms with van der Waals surface area (Å²) in [6.07, 6.45) is 0. The van der Waals surface area contributed by atoms with Crippen molar-refractivity contribution in [1.82, 2.24) is 10.2 Å². The van der Waals surface area contributed by atoms with Crippen LogP contribution in [-0.2, 0) is 9.53 Å². The van der Waals surface area contributed by atoms with Crippen LogP contribution in [0.1, 0.15) is 28.1 Å². The van der Waals surface area contributed by atoms with Gasteiger partial charge in [0.1, 0.15) is 6.04 Å². The van der Waals surface area contributed by atoms with Crippen LogP contribution in [0.5, 0.6) is 0 Å². The summed E-state index contributed by atoms with van der Waals surface area (Å²) >= 11 is 1.76. The van der Waals surface area contributed by atoms with Gasteiger partial charge in [-0.15, -0.1) is 11.3 Å². The summed E-state index contributed by atoms with van der Waals surface area (Å²) in [5.74, 6) is -0.0537. The van der Waals surface area contributed by atoms with E-state index < -0.39 is 6.04 Å². The average Bonchev–Trinajstić information content (AvgIpc) is 3.34. The van der Waals surface area contributed by atoms with Gasteiger partial charge in [-0.3, -0.25) is 9.69 Å². The normalized spacial score (nSPS) is 16.5. The first-order valence-corrected chi connectivity index (χ1v) is 11.6. The number of thiophene rings is 1. The zero-order valence-electron chi connectivity index (χ0n) is 17.8. The fraction of sp³-hybridized carbons (Fsp3) is 0.320. The van der Waals surface area contributed by atoms with E-state index in [2.05, 4.69) is 33.0 Å². The van der Waals surface area contributed by atoms with E-state index in [0.717, 1.165) is 37.6 Å². The molecule has 4 rings (SSSR count). The Balaban J connectivity index is 1.52. The fourth-order valence-corrected chi connectivity index (χ4v) is 4.73. The van der Waals surface area contributed by atoms with Gasteiger partial charge in [0.25, 0.3) is 0 Å². The van der Waals surface area contributed by atoms with Crippen LogP contribution in [0.25, 0.3) is 0 Å². The molecule has 0 spiro atoms. The van der Waals surface area contributed by atoms with E-state index in [-0.39, 0.29) is 11.9 Å². The Hall–Kier alpha value is -2.51. The number of carbonyl (C=O) groups excluding carboxylic acids is 1. The molecule has 0 saturated carbocycles. The molecule has 1 fully saturated rings. The van der Waals surface area contributed by atoms with E-state index in [0.29, 0.717) is 6.54 Å². The van der Waals surface area contributed by atoms with Crippen molar-refractivity contribution in [3.05, 3.63) is 88.1 Å². The summed E-state index contributed by atoms with van der Waals surface area (Å²) in [5, 5.41) is 8.75. The number of rotatable bonds is 8. The third-order valence-corrected chi connectivity index (χ3v) is 6.56. The van der Waals surface area contributed by atoms with Crippen LogP contribution >= 0.6 is 11.3 Å². The Labute approximate surface area is 188 Å². The highest BCUT2D eigenvalue weighted by Gasteiger charge is 2.27. The van der Waals surface area contributed by atoms with Gasteiger partial charge in [0.15, 0.2) is 0 Å². The molecular weight excluding hydrogens is 406 g/mol. The lowest BCUT2D eigenvalue weighted by Gasteiger charge is -2.35. The molecule has 1 aromatic heterocycles. The van der Waals surface area contributed by atoms with E-state index in [4.69, 9.17) is 4.74 Å². The molecule has 1 saturated heterocycles. The molecular formula is C25H29N3O2S. The SMILES string of the molecule is Cc1ccc(NC(=O)C(NCC(c2cccs2)N2CCOCC2)c2ccccc2)cc1. The zero-order valence-corrected chi connectivity index (χ0v) is 18.6. The predicted octanol–water partition coefficient (Wildman–Crippen LogP) is 4.40. The van der Waals surface area contributed by atoms with Crippen LogP contribution in [-0.4, -0.2) is 43.7 Å². The third kappa shape index (κ3) is 5.80. The van der Waals surface area contributed by atoms with Crippen LogP contribution in [0.15, 0.2) is 72.1 Å². The minimum absolute atomic E-state index is 0.0537. The predicted molar refractivity (Wildman–Crippen MR) is 126 cm³/mol. The number of hydrogen-bond acceptors (Lipinski definition) is 5. The van der Waals surface area contributed by atoms with Crippen molar-refractivity contribution in [3.8, 4) is 0 Å². The van der Waals surface area contributed by atoms with Gasteiger partial charge in [0.05, 0.1) is 19.3 Å². The number of nitrogens with zero attached hydrogens (tertiary/aromatic N) is 1. The number of amides is 1. The number of benzene rings is 2. The molecule has 5 nitrogen and oxygen atoms in total. The molecule has 2 heterocycles. The summed E-state index contributed by atoms with van der Waals surface area (Å²) < 4.78 is 5.55. The van der Waals surface area contributed by atoms with Gasteiger partial charge in [-0.2, -0.15) is 0 Å². The number of ether oxygens (including phenoxy) is 1. The standard InChI is InChI=1S/C25H29N3O2S/c1-19-9-11-21(12-10-19)27-25(29)24(20-6-3-2-4-7-20)26-18-22(23-8-5-17-31-23)28-13-15-30-16-14-28/h2-12,17,22,24,26H,13-16,18H2,1H3,(H,27,29). The highest BCUT2D eigenvalue weighted by molar-refractivity contribution is 7.10. The number of hydrogen-bond donors (Lipinski definition) is 2. The molecule has 6 heteroatoms. The van der Waals surface area contributed by atoms with E-state index in [1.165, 1.54) is 10.4 Å². The van der Waals surface area contributed by atoms with Crippen molar-refractivity contribution < 1.29 is 9.53 Å². The number of anilines is 1. The lowest BCUT2D eigenvalue weighted by atomic mass is 10.0. The Bertz CT molecular complexity index is 939. The van der Waals surface area contributed by atoms with Gasteiger partial charge in [0, 0.05) is 30.2 Å². The zero-order chi connectivity index (χ0) is 21.5. The maximum Gasteiger partial charge on any atom is 0.246 e. The second-order valence-electron chi connectivity index (χ2n) is 7.79. The Morgan fingerprint density at radius 1 is 1.03 bits per heavy atom. The summed E-state index contributed by atoms with van der Waals surface area (Å²) in [7, 11) is 0. The molecule has 1 aliphatic heterocycles. The van der Waals surface area contributed by atoms with Crippen LogP contribution in [0.3, 0.4) is 0 Å². The molecule has 1 aliphatic rings. The van der Waals surface area contributed by atoms with Crippen LogP contribution < -0.4 is 10.6 Å². The average molecular weight is 436 g/mol. The first-order chi connectivity index (χ1) is 15.2. The van der Waals surface area contributed by atoms with Gasteiger partial charge < -0.3 is 15.4 Å². The van der Waals surface area contributed by atoms with E-state index in [9.17, 15) is 4.79 Å². The van der Waals surface area contributed by atoms with Crippen molar-refractivity contribution in [3.63, 3.8) is 0 Å². The second kappa shape index (κ2) is 10.7. The first kappa shape index (κ1) is 21.7. The van der Waals surface area contributed by atoms with Gasteiger partial charge in [0.2, 0.25) is 5.91 Å². The molecule has 1 amide bonds. The van der Waals surface area contributed by atoms with E-state index >= 15 is 0 Å². The molecule has 0 radical (unpaired) electrons. The number of nitrogens with one attached hydrogen (secondary N) is 2. The van der Waals surface area contributed by atoms with E-state index in [1.54, 1.807) is 11.3 Å². The minimum Gasteiger partial charge on any atom is -0.379 e. The minimum atomic E-state index is -0.439. The van der Waals surface area contributed by atoms with Crippen LogP contribution in [0.2, 0.25) is 0 Å². The van der Waals surface area contributed by atoms with Crippen LogP contribution in [0.4, 0.5) is 5.69 Å². The van der Waals surface area contributed by atoms with Crippen molar-refractivity contribution in [2.24, 2.45) is 0 Å². The Morgan fingerprint density at radius 3 is 2.45 bits per heavy atom. The summed E-state index contributed by atoms with van der Waals surface area (Å²) in [5.41, 5.74) is 2.93. The van der Waals surface area contributed by atoms with Gasteiger partial charge >= 0.3 is 0 Å². The Kier molecular flexibility index (Phi) is 7.48. The molecule has 2 aromatic carbocycles. The smallest absolute Gasteiger partial charge is 0.246 e. The van der Waals surface area contributed by atoms with Gasteiger partial charge in [-0.1, -0.05) is 54.1 Å².